The molecule has 0 bridgehead atoms. The summed E-state index contributed by atoms with van der Waals surface area (Å²) in [4.78, 5) is 28.6. The molecule has 1 atom stereocenters. The van der Waals surface area contributed by atoms with Gasteiger partial charge >= 0.3 is 0 Å². The zero-order chi connectivity index (χ0) is 16.7. The Morgan fingerprint density at radius 3 is 2.61 bits per heavy atom. The summed E-state index contributed by atoms with van der Waals surface area (Å²) >= 11 is 0. The first-order chi connectivity index (χ1) is 11.2. The first-order valence-electron chi connectivity index (χ1n) is 8.54. The van der Waals surface area contributed by atoms with Gasteiger partial charge in [-0.3, -0.25) is 14.5 Å². The summed E-state index contributed by atoms with van der Waals surface area (Å²) in [5.41, 5.74) is 0. The van der Waals surface area contributed by atoms with Crippen molar-refractivity contribution in [2.24, 2.45) is 5.92 Å². The molecular formula is C16H29N3O4. The second-order valence-corrected chi connectivity index (χ2v) is 6.13. The van der Waals surface area contributed by atoms with Gasteiger partial charge in [-0.2, -0.15) is 0 Å². The lowest BCUT2D eigenvalue weighted by atomic mass is 10.0. The molecule has 132 valence electrons. The summed E-state index contributed by atoms with van der Waals surface area (Å²) in [5.74, 6) is -0.233. The minimum Gasteiger partial charge on any atom is -0.381 e. The standard InChI is InChI=1S/C16H29N3O4/c1-3-22-12-15(20)19-7-6-18(14-4-8-23-9-5-14)10-13(11-19)16(21)17-2/h13-14H,3-12H2,1-2H3,(H,17,21). The number of nitrogens with zero attached hydrogens (tertiary/aromatic N) is 2. The van der Waals surface area contributed by atoms with Gasteiger partial charge in [0.2, 0.25) is 11.8 Å². The van der Waals surface area contributed by atoms with Gasteiger partial charge in [-0.1, -0.05) is 0 Å². The number of carbonyl (C=O) groups excluding carboxylic acids is 2. The molecule has 2 saturated heterocycles. The molecule has 2 aliphatic rings. The van der Waals surface area contributed by atoms with Gasteiger partial charge in [0.1, 0.15) is 6.61 Å². The number of carbonyl (C=O) groups is 2. The van der Waals surface area contributed by atoms with Gasteiger partial charge in [0.25, 0.3) is 0 Å². The second-order valence-electron chi connectivity index (χ2n) is 6.13. The molecular weight excluding hydrogens is 298 g/mol. The lowest BCUT2D eigenvalue weighted by Crippen LogP contribution is -2.45. The molecule has 2 amide bonds. The Morgan fingerprint density at radius 2 is 1.96 bits per heavy atom. The van der Waals surface area contributed by atoms with Crippen molar-refractivity contribution in [2.45, 2.75) is 25.8 Å². The van der Waals surface area contributed by atoms with Crippen molar-refractivity contribution in [2.75, 3.05) is 59.7 Å². The van der Waals surface area contributed by atoms with Crippen LogP contribution in [0.25, 0.3) is 0 Å². The average molecular weight is 327 g/mol. The SMILES string of the molecule is CCOCC(=O)N1CCN(C2CCOCC2)CC(C(=O)NC)C1. The minimum absolute atomic E-state index is 0.00170. The molecule has 0 aromatic carbocycles. The highest BCUT2D eigenvalue weighted by atomic mass is 16.5. The van der Waals surface area contributed by atoms with E-state index in [2.05, 4.69) is 10.2 Å². The van der Waals surface area contributed by atoms with E-state index in [4.69, 9.17) is 9.47 Å². The van der Waals surface area contributed by atoms with E-state index >= 15 is 0 Å². The maximum Gasteiger partial charge on any atom is 0.248 e. The smallest absolute Gasteiger partial charge is 0.248 e. The molecule has 0 radical (unpaired) electrons. The fourth-order valence-electron chi connectivity index (χ4n) is 3.30. The summed E-state index contributed by atoms with van der Waals surface area (Å²) < 4.78 is 10.7. The van der Waals surface area contributed by atoms with E-state index in [-0.39, 0.29) is 24.3 Å². The van der Waals surface area contributed by atoms with Crippen molar-refractivity contribution in [3.63, 3.8) is 0 Å². The van der Waals surface area contributed by atoms with Crippen molar-refractivity contribution in [1.29, 1.82) is 0 Å². The predicted molar refractivity (Wildman–Crippen MR) is 86.0 cm³/mol. The molecule has 2 rings (SSSR count). The Labute approximate surface area is 138 Å². The molecule has 2 fully saturated rings. The topological polar surface area (TPSA) is 71.1 Å². The quantitative estimate of drug-likeness (QED) is 0.751. The third-order valence-corrected chi connectivity index (χ3v) is 4.66. The zero-order valence-corrected chi connectivity index (χ0v) is 14.3. The molecule has 7 nitrogen and oxygen atoms in total. The second kappa shape index (κ2) is 9.20. The van der Waals surface area contributed by atoms with E-state index in [0.29, 0.717) is 32.3 Å². The molecule has 0 aliphatic carbocycles. The van der Waals surface area contributed by atoms with Crippen LogP contribution in [0.1, 0.15) is 19.8 Å². The van der Waals surface area contributed by atoms with Crippen molar-refractivity contribution >= 4 is 11.8 Å². The van der Waals surface area contributed by atoms with Crippen molar-refractivity contribution < 1.29 is 19.1 Å². The molecule has 0 aromatic heterocycles. The maximum absolute atomic E-state index is 12.3. The van der Waals surface area contributed by atoms with Crippen LogP contribution in [0, 0.1) is 5.92 Å². The normalized spacial score (nSPS) is 24.3. The van der Waals surface area contributed by atoms with Crippen molar-refractivity contribution in [3.8, 4) is 0 Å². The summed E-state index contributed by atoms with van der Waals surface area (Å²) in [6, 6.07) is 0.442. The molecule has 7 heteroatoms. The Morgan fingerprint density at radius 1 is 1.22 bits per heavy atom. The summed E-state index contributed by atoms with van der Waals surface area (Å²) in [6.07, 6.45) is 1.99. The van der Waals surface area contributed by atoms with Gasteiger partial charge in [0.05, 0.1) is 5.92 Å². The van der Waals surface area contributed by atoms with Crippen molar-refractivity contribution in [3.05, 3.63) is 0 Å². The average Bonchev–Trinajstić information content (AvgIpc) is 2.83. The van der Waals surface area contributed by atoms with E-state index in [1.165, 1.54) is 0 Å². The van der Waals surface area contributed by atoms with Crippen LogP contribution < -0.4 is 5.32 Å². The Balaban J connectivity index is 2.03. The predicted octanol–water partition coefficient (Wildman–Crippen LogP) is -0.292. The molecule has 1 unspecified atom stereocenters. The molecule has 0 aromatic rings. The van der Waals surface area contributed by atoms with Gasteiger partial charge in [-0.05, 0) is 19.8 Å². The number of hydrogen-bond acceptors (Lipinski definition) is 5. The van der Waals surface area contributed by atoms with Crippen molar-refractivity contribution in [1.82, 2.24) is 15.1 Å². The maximum atomic E-state index is 12.3. The van der Waals surface area contributed by atoms with Crippen LogP contribution in [-0.4, -0.2) is 87.3 Å². The van der Waals surface area contributed by atoms with Crippen LogP contribution in [0.15, 0.2) is 0 Å². The fraction of sp³-hybridized carbons (Fsp3) is 0.875. The Kier molecular flexibility index (Phi) is 7.26. The Bertz CT molecular complexity index is 399. The molecule has 1 N–H and O–H groups in total. The van der Waals surface area contributed by atoms with Crippen LogP contribution in [0.4, 0.5) is 0 Å². The van der Waals surface area contributed by atoms with E-state index in [1.54, 1.807) is 11.9 Å². The van der Waals surface area contributed by atoms with Crippen LogP contribution in [0.2, 0.25) is 0 Å². The highest BCUT2D eigenvalue weighted by molar-refractivity contribution is 5.81. The molecule has 2 heterocycles. The highest BCUT2D eigenvalue weighted by Gasteiger charge is 2.32. The van der Waals surface area contributed by atoms with Crippen LogP contribution in [0.5, 0.6) is 0 Å². The van der Waals surface area contributed by atoms with Gasteiger partial charge in [-0.25, -0.2) is 0 Å². The number of nitrogens with one attached hydrogen (secondary N) is 1. The molecule has 0 saturated carbocycles. The lowest BCUT2D eigenvalue weighted by Gasteiger charge is -2.34. The third-order valence-electron chi connectivity index (χ3n) is 4.66. The monoisotopic (exact) mass is 327 g/mol. The first-order valence-corrected chi connectivity index (χ1v) is 8.54. The number of ether oxygens (including phenoxy) is 2. The highest BCUT2D eigenvalue weighted by Crippen LogP contribution is 2.19. The van der Waals surface area contributed by atoms with E-state index in [9.17, 15) is 9.59 Å². The fourth-order valence-corrected chi connectivity index (χ4v) is 3.30. The number of amides is 2. The van der Waals surface area contributed by atoms with Gasteiger partial charge in [-0.15, -0.1) is 0 Å². The van der Waals surface area contributed by atoms with Crippen LogP contribution >= 0.6 is 0 Å². The molecule has 0 spiro atoms. The molecule has 2 aliphatic heterocycles. The zero-order valence-electron chi connectivity index (χ0n) is 14.3. The van der Waals surface area contributed by atoms with E-state index in [0.717, 1.165) is 32.6 Å². The summed E-state index contributed by atoms with van der Waals surface area (Å²) in [7, 11) is 1.65. The van der Waals surface area contributed by atoms with Crippen LogP contribution in [0.3, 0.4) is 0 Å². The van der Waals surface area contributed by atoms with E-state index in [1.807, 2.05) is 6.92 Å². The van der Waals surface area contributed by atoms with Gasteiger partial charge in [0.15, 0.2) is 0 Å². The molecule has 23 heavy (non-hydrogen) atoms. The van der Waals surface area contributed by atoms with Crippen LogP contribution in [-0.2, 0) is 19.1 Å². The third kappa shape index (κ3) is 5.16. The largest absolute Gasteiger partial charge is 0.381 e. The minimum atomic E-state index is -0.198. The van der Waals surface area contributed by atoms with Gasteiger partial charge in [0, 0.05) is 59.1 Å². The summed E-state index contributed by atoms with van der Waals surface area (Å²) in [6.45, 7) is 6.65. The number of hydrogen-bond donors (Lipinski definition) is 1. The van der Waals surface area contributed by atoms with E-state index < -0.39 is 0 Å². The first kappa shape index (κ1) is 18.2. The number of rotatable bonds is 5. The van der Waals surface area contributed by atoms with Gasteiger partial charge < -0.3 is 19.7 Å². The summed E-state index contributed by atoms with van der Waals surface area (Å²) in [5, 5.41) is 2.73. The lowest BCUT2D eigenvalue weighted by molar-refractivity contribution is -0.137. The Hall–Kier alpha value is -1.18.